The summed E-state index contributed by atoms with van der Waals surface area (Å²) in [5.41, 5.74) is 0. The molecule has 1 aliphatic rings. The maximum absolute atomic E-state index is 12.0. The number of carboxylic acids is 1. The number of carbonyl (C=O) groups is 2. The SMILES string of the molecule is CCN(C(=O)OCC(F)(F)F)C1COCC1C(=O)O. The van der Waals surface area contributed by atoms with Gasteiger partial charge in [0.05, 0.1) is 19.3 Å². The van der Waals surface area contributed by atoms with Crippen molar-refractivity contribution in [3.63, 3.8) is 0 Å². The minimum absolute atomic E-state index is 0.0358. The molecule has 9 heteroatoms. The summed E-state index contributed by atoms with van der Waals surface area (Å²) >= 11 is 0. The predicted octanol–water partition coefficient (Wildman–Crippen LogP) is 1.11. The Morgan fingerprint density at radius 1 is 1.42 bits per heavy atom. The third-order valence-corrected chi connectivity index (χ3v) is 2.70. The second-order valence-corrected chi connectivity index (χ2v) is 4.01. The van der Waals surface area contributed by atoms with Crippen LogP contribution in [-0.4, -0.2) is 60.7 Å². The lowest BCUT2D eigenvalue weighted by atomic mass is 10.0. The zero-order valence-corrected chi connectivity index (χ0v) is 10.1. The van der Waals surface area contributed by atoms with Gasteiger partial charge in [0.1, 0.15) is 5.92 Å². The average Bonchev–Trinajstić information content (AvgIpc) is 2.75. The topological polar surface area (TPSA) is 76.1 Å². The summed E-state index contributed by atoms with van der Waals surface area (Å²) in [6.07, 6.45) is -5.81. The first-order valence-electron chi connectivity index (χ1n) is 5.57. The monoisotopic (exact) mass is 285 g/mol. The van der Waals surface area contributed by atoms with Crippen molar-refractivity contribution in [3.05, 3.63) is 0 Å². The highest BCUT2D eigenvalue weighted by Crippen LogP contribution is 2.22. The van der Waals surface area contributed by atoms with E-state index in [0.717, 1.165) is 4.90 Å². The number of hydrogen-bond donors (Lipinski definition) is 1. The van der Waals surface area contributed by atoms with Crippen LogP contribution in [0.3, 0.4) is 0 Å². The normalized spacial score (nSPS) is 23.2. The molecular weight excluding hydrogens is 271 g/mol. The van der Waals surface area contributed by atoms with E-state index in [1.807, 2.05) is 0 Å². The fourth-order valence-corrected chi connectivity index (χ4v) is 1.81. The molecule has 1 amide bonds. The fraction of sp³-hybridized carbons (Fsp3) is 0.800. The summed E-state index contributed by atoms with van der Waals surface area (Å²) in [6.45, 7) is -0.261. The van der Waals surface area contributed by atoms with Crippen LogP contribution in [0.15, 0.2) is 0 Å². The summed E-state index contributed by atoms with van der Waals surface area (Å²) in [7, 11) is 0. The van der Waals surface area contributed by atoms with Crippen LogP contribution in [-0.2, 0) is 14.3 Å². The number of nitrogens with zero attached hydrogens (tertiary/aromatic N) is 1. The van der Waals surface area contributed by atoms with E-state index >= 15 is 0 Å². The number of alkyl halides is 3. The van der Waals surface area contributed by atoms with Crippen LogP contribution in [0.2, 0.25) is 0 Å². The molecule has 0 spiro atoms. The van der Waals surface area contributed by atoms with Crippen molar-refractivity contribution in [2.24, 2.45) is 5.92 Å². The van der Waals surface area contributed by atoms with Crippen LogP contribution in [0.5, 0.6) is 0 Å². The first-order valence-corrected chi connectivity index (χ1v) is 5.57. The van der Waals surface area contributed by atoms with Gasteiger partial charge in [-0.15, -0.1) is 0 Å². The molecule has 1 aliphatic heterocycles. The van der Waals surface area contributed by atoms with Gasteiger partial charge in [0, 0.05) is 6.54 Å². The molecule has 0 aliphatic carbocycles. The summed E-state index contributed by atoms with van der Waals surface area (Å²) in [4.78, 5) is 23.4. The zero-order valence-electron chi connectivity index (χ0n) is 10.1. The van der Waals surface area contributed by atoms with E-state index in [-0.39, 0.29) is 19.8 Å². The highest BCUT2D eigenvalue weighted by Gasteiger charge is 2.41. The molecule has 1 saturated heterocycles. The molecular formula is C10H14F3NO5. The molecule has 2 unspecified atom stereocenters. The third kappa shape index (κ3) is 4.27. The fourth-order valence-electron chi connectivity index (χ4n) is 1.81. The van der Waals surface area contributed by atoms with E-state index in [1.165, 1.54) is 6.92 Å². The Labute approximate surface area is 107 Å². The number of rotatable bonds is 4. The molecule has 1 N–H and O–H groups in total. The number of likely N-dealkylation sites (N-methyl/N-ethyl adjacent to an activating group) is 1. The largest absolute Gasteiger partial charge is 0.481 e. The molecule has 0 aromatic heterocycles. The smallest absolute Gasteiger partial charge is 0.422 e. The molecule has 6 nitrogen and oxygen atoms in total. The second-order valence-electron chi connectivity index (χ2n) is 4.01. The molecule has 0 saturated carbocycles. The lowest BCUT2D eigenvalue weighted by Gasteiger charge is -2.28. The minimum Gasteiger partial charge on any atom is -0.481 e. The Morgan fingerprint density at radius 2 is 2.05 bits per heavy atom. The molecule has 19 heavy (non-hydrogen) atoms. The standard InChI is InChI=1S/C10H14F3NO5/c1-2-14(9(17)19-5-10(11,12)13)7-4-18-3-6(7)8(15)16/h6-7H,2-5H2,1H3,(H,15,16). The third-order valence-electron chi connectivity index (χ3n) is 2.70. The average molecular weight is 285 g/mol. The van der Waals surface area contributed by atoms with Crippen molar-refractivity contribution in [3.8, 4) is 0 Å². The van der Waals surface area contributed by atoms with Crippen LogP contribution < -0.4 is 0 Å². The van der Waals surface area contributed by atoms with Gasteiger partial charge in [0.15, 0.2) is 6.61 Å². The van der Waals surface area contributed by atoms with Crippen molar-refractivity contribution in [2.45, 2.75) is 19.1 Å². The van der Waals surface area contributed by atoms with Crippen molar-refractivity contribution in [2.75, 3.05) is 26.4 Å². The Morgan fingerprint density at radius 3 is 2.53 bits per heavy atom. The van der Waals surface area contributed by atoms with Crippen LogP contribution in [0.4, 0.5) is 18.0 Å². The highest BCUT2D eigenvalue weighted by atomic mass is 19.4. The quantitative estimate of drug-likeness (QED) is 0.837. The maximum atomic E-state index is 12.0. The van der Waals surface area contributed by atoms with E-state index in [1.54, 1.807) is 0 Å². The summed E-state index contributed by atoms with van der Waals surface area (Å²) in [5, 5.41) is 8.93. The number of carbonyl (C=O) groups excluding carboxylic acids is 1. The maximum Gasteiger partial charge on any atom is 0.422 e. The van der Waals surface area contributed by atoms with Gasteiger partial charge in [0.2, 0.25) is 0 Å². The van der Waals surface area contributed by atoms with E-state index in [0.29, 0.717) is 0 Å². The molecule has 0 radical (unpaired) electrons. The molecule has 110 valence electrons. The minimum atomic E-state index is -4.62. The molecule has 0 bridgehead atoms. The predicted molar refractivity (Wildman–Crippen MR) is 55.5 cm³/mol. The second kappa shape index (κ2) is 6.09. The number of carboxylic acid groups (broad SMARTS) is 1. The highest BCUT2D eigenvalue weighted by molar-refractivity contribution is 5.74. The van der Waals surface area contributed by atoms with Gasteiger partial charge < -0.3 is 19.5 Å². The van der Waals surface area contributed by atoms with Crippen molar-refractivity contribution in [1.82, 2.24) is 4.90 Å². The van der Waals surface area contributed by atoms with E-state index in [9.17, 15) is 22.8 Å². The van der Waals surface area contributed by atoms with Crippen molar-refractivity contribution >= 4 is 12.1 Å². The van der Waals surface area contributed by atoms with Gasteiger partial charge in [-0.05, 0) is 6.92 Å². The Hall–Kier alpha value is -1.51. The molecule has 1 rings (SSSR count). The number of halogens is 3. The number of ether oxygens (including phenoxy) is 2. The number of hydrogen-bond acceptors (Lipinski definition) is 4. The summed E-state index contributed by atoms with van der Waals surface area (Å²) in [5.74, 6) is -2.12. The van der Waals surface area contributed by atoms with E-state index in [2.05, 4.69) is 4.74 Å². The van der Waals surface area contributed by atoms with Gasteiger partial charge in [-0.1, -0.05) is 0 Å². The summed E-state index contributed by atoms with van der Waals surface area (Å²) in [6, 6.07) is -0.816. The Bertz CT molecular complexity index is 347. The van der Waals surface area contributed by atoms with Crippen LogP contribution in [0.25, 0.3) is 0 Å². The van der Waals surface area contributed by atoms with Crippen molar-refractivity contribution in [1.29, 1.82) is 0 Å². The first-order chi connectivity index (χ1) is 8.76. The molecule has 2 atom stereocenters. The lowest BCUT2D eigenvalue weighted by molar-refractivity contribution is -0.163. The van der Waals surface area contributed by atoms with E-state index < -0.39 is 36.8 Å². The number of aliphatic carboxylic acids is 1. The van der Waals surface area contributed by atoms with Gasteiger partial charge in [-0.25, -0.2) is 4.79 Å². The van der Waals surface area contributed by atoms with Gasteiger partial charge in [0.25, 0.3) is 0 Å². The van der Waals surface area contributed by atoms with E-state index in [4.69, 9.17) is 9.84 Å². The summed E-state index contributed by atoms with van der Waals surface area (Å²) < 4.78 is 44.9. The lowest BCUT2D eigenvalue weighted by Crippen LogP contribution is -2.47. The van der Waals surface area contributed by atoms with Gasteiger partial charge in [-0.2, -0.15) is 13.2 Å². The molecule has 0 aromatic carbocycles. The number of amides is 1. The van der Waals surface area contributed by atoms with Crippen LogP contribution in [0, 0.1) is 5.92 Å². The molecule has 0 aromatic rings. The van der Waals surface area contributed by atoms with Crippen molar-refractivity contribution < 1.29 is 37.3 Å². The first kappa shape index (κ1) is 15.5. The van der Waals surface area contributed by atoms with Crippen LogP contribution >= 0.6 is 0 Å². The molecule has 1 heterocycles. The Kier molecular flexibility index (Phi) is 4.98. The van der Waals surface area contributed by atoms with Crippen LogP contribution in [0.1, 0.15) is 6.92 Å². The van der Waals surface area contributed by atoms with Gasteiger partial charge >= 0.3 is 18.2 Å². The Balaban J connectivity index is 2.66. The molecule has 1 fully saturated rings. The van der Waals surface area contributed by atoms with Gasteiger partial charge in [-0.3, -0.25) is 4.79 Å². The zero-order chi connectivity index (χ0) is 14.6.